The molecule has 3 rings (SSSR count). The van der Waals surface area contributed by atoms with E-state index >= 15 is 0 Å². The molecule has 4 nitrogen and oxygen atoms in total. The largest absolute Gasteiger partial charge is 0.435 e. The van der Waals surface area contributed by atoms with Gasteiger partial charge in [-0.2, -0.15) is 8.78 Å². The lowest BCUT2D eigenvalue weighted by atomic mass is 10.0. The molecule has 1 unspecified atom stereocenters. The molecular formula is C16H20F2N2O2. The third-order valence-corrected chi connectivity index (χ3v) is 4.28. The molecule has 0 bridgehead atoms. The number of ether oxygens (including phenoxy) is 1. The van der Waals surface area contributed by atoms with E-state index in [2.05, 4.69) is 10.1 Å². The van der Waals surface area contributed by atoms with Gasteiger partial charge in [0.25, 0.3) is 0 Å². The van der Waals surface area contributed by atoms with Crippen molar-refractivity contribution in [3.63, 3.8) is 0 Å². The van der Waals surface area contributed by atoms with Gasteiger partial charge in [-0.25, -0.2) is 0 Å². The lowest BCUT2D eigenvalue weighted by Gasteiger charge is -2.30. The number of halogens is 2. The van der Waals surface area contributed by atoms with Crippen molar-refractivity contribution in [2.45, 2.75) is 44.8 Å². The van der Waals surface area contributed by atoms with Gasteiger partial charge in [0.15, 0.2) is 0 Å². The molecule has 22 heavy (non-hydrogen) atoms. The summed E-state index contributed by atoms with van der Waals surface area (Å²) in [5.74, 6) is 0.253. The summed E-state index contributed by atoms with van der Waals surface area (Å²) in [5, 5.41) is 3.33. The topological polar surface area (TPSA) is 41.6 Å². The van der Waals surface area contributed by atoms with Crippen LogP contribution in [0.3, 0.4) is 0 Å². The molecule has 0 saturated carbocycles. The van der Waals surface area contributed by atoms with E-state index in [1.165, 1.54) is 6.07 Å². The molecule has 0 spiro atoms. The highest BCUT2D eigenvalue weighted by molar-refractivity contribution is 5.95. The predicted molar refractivity (Wildman–Crippen MR) is 79.4 cm³/mol. The van der Waals surface area contributed by atoms with E-state index < -0.39 is 6.61 Å². The second-order valence-corrected chi connectivity index (χ2v) is 5.82. The number of benzene rings is 1. The first-order chi connectivity index (χ1) is 10.6. The molecule has 1 saturated heterocycles. The van der Waals surface area contributed by atoms with E-state index in [0.717, 1.165) is 43.5 Å². The Morgan fingerprint density at radius 2 is 2.27 bits per heavy atom. The molecule has 120 valence electrons. The average Bonchev–Trinajstić information content (AvgIpc) is 2.98. The molecule has 0 radical (unpaired) electrons. The molecular weight excluding hydrogens is 290 g/mol. The van der Waals surface area contributed by atoms with Gasteiger partial charge in [-0.05, 0) is 56.0 Å². The van der Waals surface area contributed by atoms with Gasteiger partial charge in [0.2, 0.25) is 5.91 Å². The number of aryl methyl sites for hydroxylation is 1. The third kappa shape index (κ3) is 3.38. The van der Waals surface area contributed by atoms with Crippen molar-refractivity contribution >= 4 is 11.6 Å². The maximum Gasteiger partial charge on any atom is 0.387 e. The van der Waals surface area contributed by atoms with Crippen LogP contribution >= 0.6 is 0 Å². The number of nitrogens with one attached hydrogen (secondary N) is 1. The Bertz CT molecular complexity index is 545. The summed E-state index contributed by atoms with van der Waals surface area (Å²) in [6.07, 6.45) is 4.27. The summed E-state index contributed by atoms with van der Waals surface area (Å²) < 4.78 is 29.0. The maximum absolute atomic E-state index is 12.5. The first-order valence-corrected chi connectivity index (χ1v) is 7.75. The van der Waals surface area contributed by atoms with Crippen LogP contribution in [0.15, 0.2) is 18.2 Å². The highest BCUT2D eigenvalue weighted by atomic mass is 19.3. The number of anilines is 1. The molecule has 1 aromatic carbocycles. The number of carbonyl (C=O) groups excluding carboxylic acids is 1. The summed E-state index contributed by atoms with van der Waals surface area (Å²) in [4.78, 5) is 14.3. The molecule has 2 aliphatic rings. The fraction of sp³-hybridized carbons (Fsp3) is 0.562. The summed E-state index contributed by atoms with van der Waals surface area (Å²) in [6, 6.07) is 5.10. The quantitative estimate of drug-likeness (QED) is 0.930. The second-order valence-electron chi connectivity index (χ2n) is 5.82. The van der Waals surface area contributed by atoms with E-state index in [0.29, 0.717) is 13.0 Å². The van der Waals surface area contributed by atoms with Crippen molar-refractivity contribution in [2.24, 2.45) is 0 Å². The van der Waals surface area contributed by atoms with Gasteiger partial charge in [-0.1, -0.05) is 0 Å². The van der Waals surface area contributed by atoms with Crippen LogP contribution in [0.25, 0.3) is 0 Å². The Morgan fingerprint density at radius 3 is 3.00 bits per heavy atom. The Kier molecular flexibility index (Phi) is 4.57. The summed E-state index contributed by atoms with van der Waals surface area (Å²) >= 11 is 0. The van der Waals surface area contributed by atoms with Crippen molar-refractivity contribution < 1.29 is 18.3 Å². The van der Waals surface area contributed by atoms with E-state index in [1.54, 1.807) is 17.0 Å². The van der Waals surface area contributed by atoms with E-state index in [4.69, 9.17) is 0 Å². The predicted octanol–water partition coefficient (Wildman–Crippen LogP) is 2.71. The van der Waals surface area contributed by atoms with E-state index in [9.17, 15) is 13.6 Å². The standard InChI is InChI=1S/C16H20F2N2O2/c17-16(18)22-13-5-6-14-11(9-13)3-2-8-20(14)15(21)10-12-4-1-7-19-12/h5-6,9,12,16,19H,1-4,7-8,10H2. The molecule has 2 heterocycles. The zero-order valence-corrected chi connectivity index (χ0v) is 12.4. The summed E-state index contributed by atoms with van der Waals surface area (Å²) in [6.45, 7) is -1.16. The maximum atomic E-state index is 12.5. The smallest absolute Gasteiger partial charge is 0.387 e. The van der Waals surface area contributed by atoms with Gasteiger partial charge < -0.3 is 15.0 Å². The number of rotatable bonds is 4. The van der Waals surface area contributed by atoms with Crippen molar-refractivity contribution in [3.05, 3.63) is 23.8 Å². The summed E-state index contributed by atoms with van der Waals surface area (Å²) in [5.41, 5.74) is 1.73. The van der Waals surface area contributed by atoms with Crippen molar-refractivity contribution in [3.8, 4) is 5.75 Å². The molecule has 1 fully saturated rings. The van der Waals surface area contributed by atoms with Crippen LogP contribution in [-0.2, 0) is 11.2 Å². The number of amides is 1. The van der Waals surface area contributed by atoms with Crippen LogP contribution in [0.2, 0.25) is 0 Å². The van der Waals surface area contributed by atoms with Gasteiger partial charge >= 0.3 is 6.61 Å². The normalized spacial score (nSPS) is 21.0. The van der Waals surface area contributed by atoms with Crippen molar-refractivity contribution in [2.75, 3.05) is 18.0 Å². The fourth-order valence-electron chi connectivity index (χ4n) is 3.26. The van der Waals surface area contributed by atoms with Gasteiger partial charge in [0, 0.05) is 24.7 Å². The number of hydrogen-bond donors (Lipinski definition) is 1. The van der Waals surface area contributed by atoms with Crippen LogP contribution < -0.4 is 15.0 Å². The van der Waals surface area contributed by atoms with Crippen LogP contribution in [0.4, 0.5) is 14.5 Å². The second kappa shape index (κ2) is 6.60. The van der Waals surface area contributed by atoms with E-state index in [1.807, 2.05) is 0 Å². The molecule has 6 heteroatoms. The van der Waals surface area contributed by atoms with Gasteiger partial charge in [-0.15, -0.1) is 0 Å². The van der Waals surface area contributed by atoms with Crippen LogP contribution in [-0.4, -0.2) is 31.7 Å². The fourth-order valence-corrected chi connectivity index (χ4v) is 3.26. The monoisotopic (exact) mass is 310 g/mol. The molecule has 1 atom stereocenters. The minimum atomic E-state index is -2.83. The van der Waals surface area contributed by atoms with Crippen molar-refractivity contribution in [1.29, 1.82) is 0 Å². The van der Waals surface area contributed by atoms with Gasteiger partial charge in [0.1, 0.15) is 5.75 Å². The van der Waals surface area contributed by atoms with E-state index in [-0.39, 0.29) is 17.7 Å². The number of fused-ring (bicyclic) bond motifs is 1. The Balaban J connectivity index is 1.74. The molecule has 0 aromatic heterocycles. The first-order valence-electron chi connectivity index (χ1n) is 7.75. The molecule has 1 amide bonds. The molecule has 1 aromatic rings. The number of carbonyl (C=O) groups is 1. The highest BCUT2D eigenvalue weighted by Gasteiger charge is 2.26. The average molecular weight is 310 g/mol. The van der Waals surface area contributed by atoms with Gasteiger partial charge in [0.05, 0.1) is 0 Å². The Morgan fingerprint density at radius 1 is 1.41 bits per heavy atom. The van der Waals surface area contributed by atoms with Crippen LogP contribution in [0.5, 0.6) is 5.75 Å². The minimum absolute atomic E-state index is 0.0999. The lowest BCUT2D eigenvalue weighted by Crippen LogP contribution is -2.39. The molecule has 2 aliphatic heterocycles. The Hall–Kier alpha value is -1.69. The molecule has 1 N–H and O–H groups in total. The highest BCUT2D eigenvalue weighted by Crippen LogP contribution is 2.31. The zero-order valence-electron chi connectivity index (χ0n) is 12.4. The number of alkyl halides is 2. The first kappa shape index (κ1) is 15.2. The van der Waals surface area contributed by atoms with Crippen LogP contribution in [0, 0.1) is 0 Å². The lowest BCUT2D eigenvalue weighted by molar-refractivity contribution is -0.119. The summed E-state index contributed by atoms with van der Waals surface area (Å²) in [7, 11) is 0. The zero-order chi connectivity index (χ0) is 15.5. The third-order valence-electron chi connectivity index (χ3n) is 4.28. The number of nitrogens with zero attached hydrogens (tertiary/aromatic N) is 1. The molecule has 0 aliphatic carbocycles. The SMILES string of the molecule is O=C(CC1CCCN1)N1CCCc2cc(OC(F)F)ccc21. The van der Waals surface area contributed by atoms with Crippen LogP contribution in [0.1, 0.15) is 31.2 Å². The van der Waals surface area contributed by atoms with Gasteiger partial charge in [-0.3, -0.25) is 4.79 Å². The number of hydrogen-bond acceptors (Lipinski definition) is 3. The van der Waals surface area contributed by atoms with Crippen molar-refractivity contribution in [1.82, 2.24) is 5.32 Å². The minimum Gasteiger partial charge on any atom is -0.435 e. The Labute approximate surface area is 128 Å².